The Morgan fingerprint density at radius 3 is 2.43 bits per heavy atom. The highest BCUT2D eigenvalue weighted by Crippen LogP contribution is 2.32. The molecular formula is C13H9BrClFO4S. The minimum absolute atomic E-state index is 0.122. The highest BCUT2D eigenvalue weighted by atomic mass is 79.9. The third-order valence-corrected chi connectivity index (χ3v) is 4.53. The van der Waals surface area contributed by atoms with E-state index in [-0.39, 0.29) is 21.4 Å². The monoisotopic (exact) mass is 394 g/mol. The van der Waals surface area contributed by atoms with Crippen LogP contribution in [0.3, 0.4) is 0 Å². The number of methoxy groups -OCH3 is 1. The van der Waals surface area contributed by atoms with Crippen molar-refractivity contribution in [2.75, 3.05) is 7.11 Å². The van der Waals surface area contributed by atoms with Crippen LogP contribution < -0.4 is 8.92 Å². The highest BCUT2D eigenvalue weighted by Gasteiger charge is 2.23. The molecule has 0 spiro atoms. The molecule has 0 radical (unpaired) electrons. The van der Waals surface area contributed by atoms with Gasteiger partial charge in [-0.2, -0.15) is 8.42 Å². The molecule has 2 aromatic carbocycles. The maximum atomic E-state index is 13.0. The summed E-state index contributed by atoms with van der Waals surface area (Å²) in [4.78, 5) is -0.167. The first-order valence-corrected chi connectivity index (χ1v) is 8.14. The van der Waals surface area contributed by atoms with Crippen LogP contribution in [0.5, 0.6) is 11.5 Å². The standard InChI is InChI=1S/C13H9BrClFO4S/c1-19-12-4-2-8(14)6-13(12)21(17,18)20-11-5-3-9(16)7-10(11)15/h2-7H,1H3. The second kappa shape index (κ2) is 6.21. The Balaban J connectivity index is 2.45. The van der Waals surface area contributed by atoms with E-state index < -0.39 is 15.9 Å². The molecular weight excluding hydrogens is 387 g/mol. The molecule has 112 valence electrons. The molecule has 0 fully saturated rings. The zero-order valence-electron chi connectivity index (χ0n) is 10.6. The fourth-order valence-electron chi connectivity index (χ4n) is 1.55. The van der Waals surface area contributed by atoms with E-state index in [0.29, 0.717) is 4.47 Å². The quantitative estimate of drug-likeness (QED) is 0.734. The summed E-state index contributed by atoms with van der Waals surface area (Å²) in [6, 6.07) is 7.60. The van der Waals surface area contributed by atoms with Crippen LogP contribution in [0.25, 0.3) is 0 Å². The lowest BCUT2D eigenvalue weighted by Gasteiger charge is -2.11. The number of rotatable bonds is 4. The Labute approximate surface area is 134 Å². The van der Waals surface area contributed by atoms with Crippen molar-refractivity contribution in [2.24, 2.45) is 0 Å². The number of ether oxygens (including phenoxy) is 1. The van der Waals surface area contributed by atoms with Crippen molar-refractivity contribution >= 4 is 37.6 Å². The molecule has 0 aliphatic heterocycles. The minimum Gasteiger partial charge on any atom is -0.495 e. The number of benzene rings is 2. The molecule has 4 nitrogen and oxygen atoms in total. The van der Waals surface area contributed by atoms with Gasteiger partial charge in [-0.1, -0.05) is 27.5 Å². The van der Waals surface area contributed by atoms with Gasteiger partial charge in [-0.15, -0.1) is 0 Å². The van der Waals surface area contributed by atoms with Gasteiger partial charge in [0.05, 0.1) is 12.1 Å². The van der Waals surface area contributed by atoms with Crippen LogP contribution >= 0.6 is 27.5 Å². The number of hydrogen-bond donors (Lipinski definition) is 0. The molecule has 21 heavy (non-hydrogen) atoms. The lowest BCUT2D eigenvalue weighted by Crippen LogP contribution is -2.11. The number of halogens is 3. The summed E-state index contributed by atoms with van der Waals surface area (Å²) in [5.74, 6) is -0.638. The van der Waals surface area contributed by atoms with Gasteiger partial charge in [0.15, 0.2) is 5.75 Å². The smallest absolute Gasteiger partial charge is 0.343 e. The van der Waals surface area contributed by atoms with Crippen LogP contribution in [0.15, 0.2) is 45.8 Å². The normalized spacial score (nSPS) is 11.2. The molecule has 2 aromatic rings. The first-order valence-electron chi connectivity index (χ1n) is 5.56. The van der Waals surface area contributed by atoms with Crippen LogP contribution in [-0.4, -0.2) is 15.5 Å². The molecule has 0 N–H and O–H groups in total. The molecule has 0 atom stereocenters. The Kier molecular flexibility index (Phi) is 4.75. The van der Waals surface area contributed by atoms with Crippen LogP contribution in [0, 0.1) is 5.82 Å². The van der Waals surface area contributed by atoms with E-state index in [1.807, 2.05) is 0 Å². The van der Waals surface area contributed by atoms with Crippen LogP contribution in [0.2, 0.25) is 5.02 Å². The van der Waals surface area contributed by atoms with Crippen molar-refractivity contribution in [2.45, 2.75) is 4.90 Å². The maximum Gasteiger partial charge on any atom is 0.343 e. The van der Waals surface area contributed by atoms with Gasteiger partial charge in [0.1, 0.15) is 16.5 Å². The van der Waals surface area contributed by atoms with Gasteiger partial charge in [0.25, 0.3) is 0 Å². The van der Waals surface area contributed by atoms with Gasteiger partial charge in [-0.25, -0.2) is 4.39 Å². The van der Waals surface area contributed by atoms with E-state index in [4.69, 9.17) is 20.5 Å². The predicted octanol–water partition coefficient (Wildman–Crippen LogP) is 4.02. The molecule has 0 heterocycles. The largest absolute Gasteiger partial charge is 0.495 e. The average Bonchev–Trinajstić information content (AvgIpc) is 2.42. The van der Waals surface area contributed by atoms with Crippen molar-refractivity contribution in [1.29, 1.82) is 0 Å². The molecule has 0 unspecified atom stereocenters. The molecule has 0 aliphatic rings. The summed E-state index contributed by atoms with van der Waals surface area (Å²) in [6.07, 6.45) is 0. The second-order valence-electron chi connectivity index (χ2n) is 3.91. The van der Waals surface area contributed by atoms with E-state index in [0.717, 1.165) is 18.2 Å². The van der Waals surface area contributed by atoms with E-state index >= 15 is 0 Å². The highest BCUT2D eigenvalue weighted by molar-refractivity contribution is 9.10. The van der Waals surface area contributed by atoms with E-state index in [1.54, 1.807) is 6.07 Å². The molecule has 0 bridgehead atoms. The maximum absolute atomic E-state index is 13.0. The molecule has 0 amide bonds. The van der Waals surface area contributed by atoms with E-state index in [2.05, 4.69) is 15.9 Å². The SMILES string of the molecule is COc1ccc(Br)cc1S(=O)(=O)Oc1ccc(F)cc1Cl. The second-order valence-corrected chi connectivity index (χ2v) is 6.74. The Morgan fingerprint density at radius 1 is 1.14 bits per heavy atom. The van der Waals surface area contributed by atoms with Gasteiger partial charge in [-0.3, -0.25) is 0 Å². The van der Waals surface area contributed by atoms with Gasteiger partial charge >= 0.3 is 10.1 Å². The average molecular weight is 396 g/mol. The third-order valence-electron chi connectivity index (χ3n) is 2.49. The summed E-state index contributed by atoms with van der Waals surface area (Å²) >= 11 is 8.93. The first-order chi connectivity index (χ1) is 9.83. The molecule has 0 saturated carbocycles. The number of hydrogen-bond acceptors (Lipinski definition) is 4. The summed E-state index contributed by atoms with van der Waals surface area (Å²) in [5, 5.41) is -0.146. The zero-order valence-corrected chi connectivity index (χ0v) is 13.8. The van der Waals surface area contributed by atoms with Gasteiger partial charge in [0.2, 0.25) is 0 Å². The van der Waals surface area contributed by atoms with Crippen molar-refractivity contribution in [1.82, 2.24) is 0 Å². The lowest BCUT2D eigenvalue weighted by atomic mass is 10.3. The molecule has 0 aliphatic carbocycles. The van der Waals surface area contributed by atoms with E-state index in [9.17, 15) is 12.8 Å². The molecule has 0 saturated heterocycles. The summed E-state index contributed by atoms with van der Waals surface area (Å²) in [6.45, 7) is 0. The Morgan fingerprint density at radius 2 is 1.81 bits per heavy atom. The van der Waals surface area contributed by atoms with Crippen molar-refractivity contribution in [3.63, 3.8) is 0 Å². The molecule has 2 rings (SSSR count). The van der Waals surface area contributed by atoms with Gasteiger partial charge < -0.3 is 8.92 Å². The van der Waals surface area contributed by atoms with Crippen LogP contribution in [0.1, 0.15) is 0 Å². The van der Waals surface area contributed by atoms with Crippen molar-refractivity contribution in [3.8, 4) is 11.5 Å². The van der Waals surface area contributed by atoms with Gasteiger partial charge in [0, 0.05) is 4.47 Å². The fourth-order valence-corrected chi connectivity index (χ4v) is 3.46. The van der Waals surface area contributed by atoms with Crippen molar-refractivity contribution in [3.05, 3.63) is 51.7 Å². The van der Waals surface area contributed by atoms with E-state index in [1.165, 1.54) is 19.2 Å². The zero-order chi connectivity index (χ0) is 15.6. The topological polar surface area (TPSA) is 52.6 Å². The minimum atomic E-state index is -4.18. The fraction of sp³-hybridized carbons (Fsp3) is 0.0769. The van der Waals surface area contributed by atoms with Crippen molar-refractivity contribution < 1.29 is 21.7 Å². The third kappa shape index (κ3) is 3.66. The van der Waals surface area contributed by atoms with Crippen LogP contribution in [-0.2, 0) is 10.1 Å². The molecule has 8 heteroatoms. The Bertz CT molecular complexity index is 780. The lowest BCUT2D eigenvalue weighted by molar-refractivity contribution is 0.398. The summed E-state index contributed by atoms with van der Waals surface area (Å²) in [7, 11) is -2.84. The van der Waals surface area contributed by atoms with Gasteiger partial charge in [-0.05, 0) is 36.4 Å². The molecule has 0 aromatic heterocycles. The predicted molar refractivity (Wildman–Crippen MR) is 79.9 cm³/mol. The summed E-state index contributed by atoms with van der Waals surface area (Å²) < 4.78 is 48.0. The Hall–Kier alpha value is -1.31. The van der Waals surface area contributed by atoms with Crippen LogP contribution in [0.4, 0.5) is 4.39 Å². The first kappa shape index (κ1) is 16.1. The summed E-state index contributed by atoms with van der Waals surface area (Å²) in [5.41, 5.74) is 0.